The van der Waals surface area contributed by atoms with Gasteiger partial charge in [-0.2, -0.15) is 0 Å². The molecule has 2 N–H and O–H groups in total. The van der Waals surface area contributed by atoms with Gasteiger partial charge in [0.15, 0.2) is 5.41 Å². The van der Waals surface area contributed by atoms with Crippen LogP contribution in [0.5, 0.6) is 0 Å². The maximum Gasteiger partial charge on any atom is 0.322 e. The SMILES string of the molecule is C#CCC(CCCCCCCCC)(C(=O)O)C(=O)O. The molecule has 19 heavy (non-hydrogen) atoms. The van der Waals surface area contributed by atoms with E-state index in [2.05, 4.69) is 12.8 Å². The van der Waals surface area contributed by atoms with Gasteiger partial charge in [0.25, 0.3) is 0 Å². The van der Waals surface area contributed by atoms with Gasteiger partial charge >= 0.3 is 11.9 Å². The van der Waals surface area contributed by atoms with Gasteiger partial charge in [-0.15, -0.1) is 12.3 Å². The minimum absolute atomic E-state index is 0.107. The summed E-state index contributed by atoms with van der Waals surface area (Å²) in [5.74, 6) is -0.481. The highest BCUT2D eigenvalue weighted by molar-refractivity contribution is 5.98. The molecule has 0 heterocycles. The van der Waals surface area contributed by atoms with Gasteiger partial charge in [0, 0.05) is 6.42 Å². The first kappa shape index (κ1) is 17.5. The van der Waals surface area contributed by atoms with Gasteiger partial charge in [-0.3, -0.25) is 9.59 Å². The lowest BCUT2D eigenvalue weighted by molar-refractivity contribution is -0.165. The first-order valence-corrected chi connectivity index (χ1v) is 6.91. The molecule has 4 heteroatoms. The Balaban J connectivity index is 4.18. The van der Waals surface area contributed by atoms with Crippen LogP contribution in [0.25, 0.3) is 0 Å². The Hall–Kier alpha value is -1.50. The molecular formula is C15H24O4. The number of rotatable bonds is 11. The molecule has 0 aromatic rings. The average Bonchev–Trinajstić information content (AvgIpc) is 2.35. The van der Waals surface area contributed by atoms with Crippen molar-refractivity contribution in [1.82, 2.24) is 0 Å². The maximum absolute atomic E-state index is 11.2. The Morgan fingerprint density at radius 2 is 1.47 bits per heavy atom. The minimum Gasteiger partial charge on any atom is -0.480 e. The Kier molecular flexibility index (Phi) is 8.69. The van der Waals surface area contributed by atoms with Crippen molar-refractivity contribution in [2.75, 3.05) is 0 Å². The molecule has 0 saturated carbocycles. The highest BCUT2D eigenvalue weighted by Crippen LogP contribution is 2.30. The lowest BCUT2D eigenvalue weighted by Gasteiger charge is -2.22. The lowest BCUT2D eigenvalue weighted by Crippen LogP contribution is -2.39. The molecule has 0 atom stereocenters. The molecule has 0 bridgehead atoms. The number of hydrogen-bond acceptors (Lipinski definition) is 2. The zero-order valence-corrected chi connectivity index (χ0v) is 11.7. The van der Waals surface area contributed by atoms with Crippen LogP contribution in [0.15, 0.2) is 0 Å². The number of hydrogen-bond donors (Lipinski definition) is 2. The van der Waals surface area contributed by atoms with E-state index < -0.39 is 17.4 Å². The third-order valence-electron chi connectivity index (χ3n) is 3.43. The molecule has 4 nitrogen and oxygen atoms in total. The van der Waals surface area contributed by atoms with Crippen LogP contribution in [0, 0.1) is 17.8 Å². The maximum atomic E-state index is 11.2. The molecule has 0 rings (SSSR count). The van der Waals surface area contributed by atoms with Crippen molar-refractivity contribution in [3.05, 3.63) is 0 Å². The summed E-state index contributed by atoms with van der Waals surface area (Å²) >= 11 is 0. The molecule has 0 amide bonds. The number of carboxylic acid groups (broad SMARTS) is 2. The number of unbranched alkanes of at least 4 members (excludes halogenated alkanes) is 6. The van der Waals surface area contributed by atoms with Crippen molar-refractivity contribution >= 4 is 11.9 Å². The molecule has 0 aromatic heterocycles. The molecule has 0 spiro atoms. The van der Waals surface area contributed by atoms with Gasteiger partial charge in [-0.25, -0.2) is 0 Å². The van der Waals surface area contributed by atoms with Crippen molar-refractivity contribution in [1.29, 1.82) is 0 Å². The van der Waals surface area contributed by atoms with E-state index in [1.807, 2.05) is 0 Å². The van der Waals surface area contributed by atoms with Crippen LogP contribution in [-0.4, -0.2) is 22.2 Å². The molecule has 0 aliphatic rings. The molecule has 0 saturated heterocycles. The van der Waals surface area contributed by atoms with Crippen molar-refractivity contribution in [3.63, 3.8) is 0 Å². The molecule has 0 aliphatic heterocycles. The summed E-state index contributed by atoms with van der Waals surface area (Å²) in [6, 6.07) is 0. The number of carboxylic acids is 2. The molecule has 108 valence electrons. The van der Waals surface area contributed by atoms with E-state index in [0.29, 0.717) is 6.42 Å². The van der Waals surface area contributed by atoms with Gasteiger partial charge in [-0.05, 0) is 6.42 Å². The summed E-state index contributed by atoms with van der Waals surface area (Å²) in [6.07, 6.45) is 12.1. The predicted octanol–water partition coefficient (Wildman–Crippen LogP) is 3.31. The van der Waals surface area contributed by atoms with Crippen molar-refractivity contribution in [2.24, 2.45) is 5.41 Å². The number of terminal acetylenes is 1. The monoisotopic (exact) mass is 268 g/mol. The van der Waals surface area contributed by atoms with Crippen LogP contribution in [0.4, 0.5) is 0 Å². The second kappa shape index (κ2) is 9.43. The van der Waals surface area contributed by atoms with Gasteiger partial charge in [0.05, 0.1) is 0 Å². The Morgan fingerprint density at radius 3 is 1.89 bits per heavy atom. The van der Waals surface area contributed by atoms with E-state index in [4.69, 9.17) is 16.6 Å². The third-order valence-corrected chi connectivity index (χ3v) is 3.43. The fourth-order valence-corrected chi connectivity index (χ4v) is 2.10. The normalized spacial score (nSPS) is 10.9. The third kappa shape index (κ3) is 5.78. The highest BCUT2D eigenvalue weighted by Gasteiger charge is 2.45. The molecule has 0 unspecified atom stereocenters. The molecule has 0 radical (unpaired) electrons. The standard InChI is InChI=1S/C15H24O4/c1-3-5-6-7-8-9-10-12-15(11-4-2,13(16)17)14(18)19/h2H,3,5-12H2,1H3,(H,16,17)(H,18,19). The Morgan fingerprint density at radius 1 is 1.00 bits per heavy atom. The fraction of sp³-hybridized carbons (Fsp3) is 0.733. The van der Waals surface area contributed by atoms with Crippen molar-refractivity contribution < 1.29 is 19.8 Å². The predicted molar refractivity (Wildman–Crippen MR) is 73.8 cm³/mol. The largest absolute Gasteiger partial charge is 0.480 e. The molecule has 0 aliphatic carbocycles. The molecule has 0 fully saturated rings. The van der Waals surface area contributed by atoms with Crippen molar-refractivity contribution in [3.8, 4) is 12.3 Å². The summed E-state index contributed by atoms with van der Waals surface area (Å²) in [7, 11) is 0. The van der Waals surface area contributed by atoms with Crippen LogP contribution >= 0.6 is 0 Å². The van der Waals surface area contributed by atoms with E-state index >= 15 is 0 Å². The molecular weight excluding hydrogens is 244 g/mol. The zero-order chi connectivity index (χ0) is 14.7. The highest BCUT2D eigenvalue weighted by atomic mass is 16.4. The second-order valence-corrected chi connectivity index (χ2v) is 4.94. The van der Waals surface area contributed by atoms with Gasteiger partial charge in [0.1, 0.15) is 0 Å². The van der Waals surface area contributed by atoms with Gasteiger partial charge in [0.2, 0.25) is 0 Å². The number of aliphatic carboxylic acids is 2. The van der Waals surface area contributed by atoms with Crippen LogP contribution in [0.1, 0.15) is 64.7 Å². The summed E-state index contributed by atoms with van der Waals surface area (Å²) < 4.78 is 0. The van der Waals surface area contributed by atoms with E-state index in [-0.39, 0.29) is 12.8 Å². The quantitative estimate of drug-likeness (QED) is 0.342. The fourth-order valence-electron chi connectivity index (χ4n) is 2.10. The van der Waals surface area contributed by atoms with Crippen LogP contribution < -0.4 is 0 Å². The summed E-state index contributed by atoms with van der Waals surface area (Å²) in [4.78, 5) is 22.4. The zero-order valence-electron chi connectivity index (χ0n) is 11.7. The van der Waals surface area contributed by atoms with Crippen LogP contribution in [0.2, 0.25) is 0 Å². The first-order chi connectivity index (χ1) is 9.01. The summed E-state index contributed by atoms with van der Waals surface area (Å²) in [6.45, 7) is 2.15. The van der Waals surface area contributed by atoms with E-state index in [1.165, 1.54) is 19.3 Å². The van der Waals surface area contributed by atoms with Crippen LogP contribution in [-0.2, 0) is 9.59 Å². The van der Waals surface area contributed by atoms with Gasteiger partial charge in [-0.1, -0.05) is 51.9 Å². The number of carbonyl (C=O) groups is 2. The van der Waals surface area contributed by atoms with E-state index in [1.54, 1.807) is 0 Å². The first-order valence-electron chi connectivity index (χ1n) is 6.91. The molecule has 0 aromatic carbocycles. The van der Waals surface area contributed by atoms with Gasteiger partial charge < -0.3 is 10.2 Å². The minimum atomic E-state index is -1.81. The van der Waals surface area contributed by atoms with E-state index in [0.717, 1.165) is 19.3 Å². The summed E-state index contributed by atoms with van der Waals surface area (Å²) in [5.41, 5.74) is -1.81. The second-order valence-electron chi connectivity index (χ2n) is 4.94. The average molecular weight is 268 g/mol. The Bertz CT molecular complexity index is 314. The lowest BCUT2D eigenvalue weighted by atomic mass is 9.79. The van der Waals surface area contributed by atoms with Crippen molar-refractivity contribution in [2.45, 2.75) is 64.7 Å². The smallest absolute Gasteiger partial charge is 0.322 e. The summed E-state index contributed by atoms with van der Waals surface area (Å²) in [5, 5.41) is 18.2. The topological polar surface area (TPSA) is 74.6 Å². The van der Waals surface area contributed by atoms with E-state index in [9.17, 15) is 9.59 Å². The Labute approximate surface area is 115 Å². The van der Waals surface area contributed by atoms with Crippen LogP contribution in [0.3, 0.4) is 0 Å².